The van der Waals surface area contributed by atoms with Crippen LogP contribution in [0.3, 0.4) is 0 Å². The summed E-state index contributed by atoms with van der Waals surface area (Å²) < 4.78 is 44.7. The number of nitrogens with zero attached hydrogens (tertiary/aromatic N) is 1. The number of benzene rings is 1. The number of morpholine rings is 1. The lowest BCUT2D eigenvalue weighted by molar-refractivity contribution is 0.0101. The predicted octanol–water partition coefficient (Wildman–Crippen LogP) is 1.89. The average Bonchev–Trinajstić information content (AvgIpc) is 2.28. The first-order valence-electron chi connectivity index (χ1n) is 5.48. The van der Waals surface area contributed by atoms with Gasteiger partial charge in [0.1, 0.15) is 10.7 Å². The summed E-state index contributed by atoms with van der Waals surface area (Å²) in [6, 6.07) is 3.55. The Kier molecular flexibility index (Phi) is 3.91. The number of halogens is 2. The predicted molar refractivity (Wildman–Crippen MR) is 65.6 cm³/mol. The molecule has 0 aliphatic carbocycles. The Bertz CT molecular complexity index is 549. The van der Waals surface area contributed by atoms with Crippen molar-refractivity contribution in [3.05, 3.63) is 29.0 Å². The standard InChI is InChI=1S/C11H13ClFNO3S/c1-8-7-14(4-5-17-8)18(15,16)11-3-2-9(12)6-10(11)13/h2-3,6,8H,4-5,7H2,1H3. The van der Waals surface area contributed by atoms with Crippen LogP contribution in [0.25, 0.3) is 0 Å². The minimum Gasteiger partial charge on any atom is -0.376 e. The number of sulfonamides is 1. The van der Waals surface area contributed by atoms with E-state index in [4.69, 9.17) is 16.3 Å². The van der Waals surface area contributed by atoms with Gasteiger partial charge in [0.15, 0.2) is 0 Å². The molecule has 100 valence electrons. The Balaban J connectivity index is 2.35. The lowest BCUT2D eigenvalue weighted by atomic mass is 10.3. The quantitative estimate of drug-likeness (QED) is 0.836. The van der Waals surface area contributed by atoms with Crippen molar-refractivity contribution in [2.75, 3.05) is 19.7 Å². The molecule has 1 atom stereocenters. The summed E-state index contributed by atoms with van der Waals surface area (Å²) in [6.07, 6.45) is -0.191. The molecule has 1 aromatic carbocycles. The fraction of sp³-hybridized carbons (Fsp3) is 0.455. The van der Waals surface area contributed by atoms with E-state index >= 15 is 0 Å². The Hall–Kier alpha value is -0.690. The zero-order valence-corrected chi connectivity index (χ0v) is 11.3. The van der Waals surface area contributed by atoms with Crippen molar-refractivity contribution in [1.29, 1.82) is 0 Å². The minimum absolute atomic E-state index is 0.168. The molecular formula is C11H13ClFNO3S. The normalized spacial score (nSPS) is 22.1. The van der Waals surface area contributed by atoms with Gasteiger partial charge in [-0.1, -0.05) is 11.6 Å². The highest BCUT2D eigenvalue weighted by Gasteiger charge is 2.31. The molecule has 1 aromatic rings. The van der Waals surface area contributed by atoms with Crippen molar-refractivity contribution in [2.24, 2.45) is 0 Å². The van der Waals surface area contributed by atoms with Crippen LogP contribution in [0.2, 0.25) is 5.02 Å². The van der Waals surface area contributed by atoms with Crippen LogP contribution in [0.1, 0.15) is 6.92 Å². The molecule has 0 bridgehead atoms. The molecule has 4 nitrogen and oxygen atoms in total. The van der Waals surface area contributed by atoms with Gasteiger partial charge in [-0.05, 0) is 25.1 Å². The zero-order chi connectivity index (χ0) is 13.3. The number of rotatable bonds is 2. The third kappa shape index (κ3) is 2.66. The first-order valence-corrected chi connectivity index (χ1v) is 7.30. The van der Waals surface area contributed by atoms with Crippen molar-refractivity contribution in [1.82, 2.24) is 4.31 Å². The molecule has 0 amide bonds. The Morgan fingerprint density at radius 3 is 2.83 bits per heavy atom. The van der Waals surface area contributed by atoms with E-state index in [0.29, 0.717) is 6.61 Å². The topological polar surface area (TPSA) is 46.6 Å². The smallest absolute Gasteiger partial charge is 0.246 e. The second-order valence-corrected chi connectivity index (χ2v) is 6.46. The molecule has 2 rings (SSSR count). The highest BCUT2D eigenvalue weighted by Crippen LogP contribution is 2.23. The first kappa shape index (κ1) is 13.7. The summed E-state index contributed by atoms with van der Waals surface area (Å²) in [4.78, 5) is -0.346. The summed E-state index contributed by atoms with van der Waals surface area (Å²) in [6.45, 7) is 2.55. The maximum atomic E-state index is 13.7. The van der Waals surface area contributed by atoms with Crippen LogP contribution < -0.4 is 0 Å². The van der Waals surface area contributed by atoms with Crippen molar-refractivity contribution < 1.29 is 17.5 Å². The van der Waals surface area contributed by atoms with Crippen molar-refractivity contribution >= 4 is 21.6 Å². The minimum atomic E-state index is -3.82. The number of hydrogen-bond donors (Lipinski definition) is 0. The molecule has 1 unspecified atom stereocenters. The van der Waals surface area contributed by atoms with Gasteiger partial charge in [-0.15, -0.1) is 0 Å². The number of ether oxygens (including phenoxy) is 1. The molecule has 0 N–H and O–H groups in total. The highest BCUT2D eigenvalue weighted by atomic mass is 35.5. The van der Waals surface area contributed by atoms with Gasteiger partial charge in [0.25, 0.3) is 0 Å². The molecule has 0 aromatic heterocycles. The Morgan fingerprint density at radius 2 is 2.22 bits per heavy atom. The largest absolute Gasteiger partial charge is 0.376 e. The van der Waals surface area contributed by atoms with Gasteiger partial charge in [-0.3, -0.25) is 0 Å². The van der Waals surface area contributed by atoms with E-state index in [-0.39, 0.29) is 29.1 Å². The van der Waals surface area contributed by atoms with E-state index in [0.717, 1.165) is 6.07 Å². The summed E-state index contributed by atoms with van der Waals surface area (Å²) in [5.74, 6) is -0.832. The monoisotopic (exact) mass is 293 g/mol. The second-order valence-electron chi connectivity index (χ2n) is 4.12. The Labute approximate surface area is 110 Å². The molecule has 1 saturated heterocycles. The zero-order valence-electron chi connectivity index (χ0n) is 9.77. The van der Waals surface area contributed by atoms with Crippen LogP contribution in [0.15, 0.2) is 23.1 Å². The molecule has 1 aliphatic heterocycles. The van der Waals surface area contributed by atoms with Gasteiger partial charge >= 0.3 is 0 Å². The Morgan fingerprint density at radius 1 is 1.50 bits per heavy atom. The number of hydrogen-bond acceptors (Lipinski definition) is 3. The maximum Gasteiger partial charge on any atom is 0.246 e. The van der Waals surface area contributed by atoms with E-state index in [2.05, 4.69) is 0 Å². The molecule has 0 spiro atoms. The molecule has 1 aliphatic rings. The van der Waals surface area contributed by atoms with Gasteiger partial charge in [-0.2, -0.15) is 4.31 Å². The third-order valence-corrected chi connectivity index (χ3v) is 4.85. The third-order valence-electron chi connectivity index (χ3n) is 2.72. The summed E-state index contributed by atoms with van der Waals surface area (Å²) >= 11 is 5.61. The van der Waals surface area contributed by atoms with Crippen LogP contribution in [0.5, 0.6) is 0 Å². The van der Waals surface area contributed by atoms with E-state index < -0.39 is 15.8 Å². The van der Waals surface area contributed by atoms with E-state index in [1.54, 1.807) is 6.92 Å². The average molecular weight is 294 g/mol. The fourth-order valence-corrected chi connectivity index (χ4v) is 3.53. The van der Waals surface area contributed by atoms with Crippen LogP contribution in [0.4, 0.5) is 4.39 Å². The molecule has 7 heteroatoms. The molecular weight excluding hydrogens is 281 g/mol. The molecule has 0 radical (unpaired) electrons. The molecule has 1 fully saturated rings. The lowest BCUT2D eigenvalue weighted by Crippen LogP contribution is -2.44. The van der Waals surface area contributed by atoms with Gasteiger partial charge in [0, 0.05) is 18.1 Å². The van der Waals surface area contributed by atoms with Crippen LogP contribution in [-0.4, -0.2) is 38.5 Å². The second kappa shape index (κ2) is 5.13. The van der Waals surface area contributed by atoms with Crippen LogP contribution in [0, 0.1) is 5.82 Å². The van der Waals surface area contributed by atoms with Crippen LogP contribution >= 0.6 is 11.6 Å². The fourth-order valence-electron chi connectivity index (χ4n) is 1.83. The lowest BCUT2D eigenvalue weighted by Gasteiger charge is -2.30. The van der Waals surface area contributed by atoms with Gasteiger partial charge in [0.2, 0.25) is 10.0 Å². The summed E-state index contributed by atoms with van der Waals surface area (Å²) in [5.41, 5.74) is 0. The van der Waals surface area contributed by atoms with E-state index in [9.17, 15) is 12.8 Å². The van der Waals surface area contributed by atoms with Crippen LogP contribution in [-0.2, 0) is 14.8 Å². The SMILES string of the molecule is CC1CN(S(=O)(=O)c2ccc(Cl)cc2F)CCO1. The highest BCUT2D eigenvalue weighted by molar-refractivity contribution is 7.89. The van der Waals surface area contributed by atoms with Gasteiger partial charge in [-0.25, -0.2) is 12.8 Å². The van der Waals surface area contributed by atoms with E-state index in [1.165, 1.54) is 16.4 Å². The van der Waals surface area contributed by atoms with Crippen molar-refractivity contribution in [2.45, 2.75) is 17.9 Å². The van der Waals surface area contributed by atoms with Gasteiger partial charge < -0.3 is 4.74 Å². The molecule has 0 saturated carbocycles. The van der Waals surface area contributed by atoms with Crippen molar-refractivity contribution in [3.8, 4) is 0 Å². The maximum absolute atomic E-state index is 13.7. The first-order chi connectivity index (χ1) is 8.41. The van der Waals surface area contributed by atoms with Gasteiger partial charge in [0.05, 0.1) is 12.7 Å². The van der Waals surface area contributed by atoms with E-state index in [1.807, 2.05) is 0 Å². The molecule has 1 heterocycles. The summed E-state index contributed by atoms with van der Waals surface area (Å²) in [7, 11) is -3.82. The van der Waals surface area contributed by atoms with Crippen molar-refractivity contribution in [3.63, 3.8) is 0 Å². The molecule has 18 heavy (non-hydrogen) atoms. The summed E-state index contributed by atoms with van der Waals surface area (Å²) in [5, 5.41) is 0.168.